The number of aryl methyl sites for hydroxylation is 2. The fraction of sp³-hybridized carbons (Fsp3) is 0.353. The maximum Gasteiger partial charge on any atom is 0.355 e. The van der Waals surface area contributed by atoms with E-state index < -0.39 is 0 Å². The third-order valence-corrected chi connectivity index (χ3v) is 7.88. The Balaban J connectivity index is 0.00000423. The van der Waals surface area contributed by atoms with E-state index in [0.29, 0.717) is 25.3 Å². The third-order valence-electron chi connectivity index (χ3n) is 7.88. The first-order chi connectivity index (χ1) is 20.5. The molecule has 3 aromatic carbocycles. The number of carbonyl (C=O) groups is 1. The van der Waals surface area contributed by atoms with Crippen LogP contribution in [-0.4, -0.2) is 64.1 Å². The smallest absolute Gasteiger partial charge is 0.355 e. The van der Waals surface area contributed by atoms with Gasteiger partial charge in [-0.15, -0.1) is 0 Å². The fourth-order valence-corrected chi connectivity index (χ4v) is 5.62. The van der Waals surface area contributed by atoms with E-state index in [2.05, 4.69) is 42.1 Å². The molecule has 0 unspecified atom stereocenters. The molecule has 0 atom stereocenters. The highest BCUT2D eigenvalue weighted by molar-refractivity contribution is 6.04. The minimum atomic E-state index is -0.373. The van der Waals surface area contributed by atoms with Crippen LogP contribution in [0.3, 0.4) is 0 Å². The summed E-state index contributed by atoms with van der Waals surface area (Å²) >= 11 is 0. The Bertz CT molecular complexity index is 1690. The zero-order chi connectivity index (χ0) is 29.6. The molecule has 0 aliphatic rings. The molecule has 2 heterocycles. The first kappa shape index (κ1) is 29.4. The van der Waals surface area contributed by atoms with E-state index in [-0.39, 0.29) is 20.6 Å². The summed E-state index contributed by atoms with van der Waals surface area (Å²) in [6.45, 7) is 9.01. The number of aliphatic hydroxyl groups is 1. The molecule has 0 aliphatic carbocycles. The van der Waals surface area contributed by atoms with Crippen LogP contribution in [0.2, 0.25) is 0 Å². The molecule has 2 aromatic heterocycles. The van der Waals surface area contributed by atoms with Gasteiger partial charge >= 0.3 is 5.97 Å². The van der Waals surface area contributed by atoms with E-state index in [1.807, 2.05) is 61.0 Å². The molecule has 2 N–H and O–H groups in total. The first-order valence-corrected chi connectivity index (χ1v) is 14.7. The van der Waals surface area contributed by atoms with Crippen molar-refractivity contribution in [1.29, 1.82) is 0 Å². The van der Waals surface area contributed by atoms with Gasteiger partial charge in [-0.25, -0.2) is 4.79 Å². The van der Waals surface area contributed by atoms with Gasteiger partial charge in [0, 0.05) is 29.9 Å². The molecule has 0 bridgehead atoms. The summed E-state index contributed by atoms with van der Waals surface area (Å²) in [5, 5.41) is 18.4. The lowest BCUT2D eigenvalue weighted by atomic mass is 9.98. The number of aliphatic hydroxyl groups excluding tert-OH is 1. The topological polar surface area (TPSA) is 92.6 Å². The van der Waals surface area contributed by atoms with E-state index in [0.717, 1.165) is 75.0 Å². The van der Waals surface area contributed by atoms with Crippen molar-refractivity contribution in [2.45, 2.75) is 46.8 Å². The Morgan fingerprint density at radius 2 is 1.83 bits per heavy atom. The van der Waals surface area contributed by atoms with Crippen LogP contribution in [0.4, 0.5) is 0 Å². The van der Waals surface area contributed by atoms with Crippen LogP contribution >= 0.6 is 0 Å². The van der Waals surface area contributed by atoms with Gasteiger partial charge in [-0.1, -0.05) is 61.5 Å². The minimum absolute atomic E-state index is 0. The SMILES string of the molecule is CCOC(=O)c1[nH]c2c(-c3c(C)nn(CCN(C)CC)c3CO)cccc2c1CCCOc1cccc2ccccc12.[HH]. The lowest BCUT2D eigenvalue weighted by Gasteiger charge is -2.15. The number of nitrogens with one attached hydrogen (secondary N) is 1. The fourth-order valence-electron chi connectivity index (χ4n) is 5.62. The van der Waals surface area contributed by atoms with Crippen LogP contribution in [0.1, 0.15) is 49.1 Å². The summed E-state index contributed by atoms with van der Waals surface area (Å²) in [5.74, 6) is 0.483. The number of nitrogens with zero attached hydrogens (tertiary/aromatic N) is 3. The number of hydrogen-bond acceptors (Lipinski definition) is 6. The van der Waals surface area contributed by atoms with Crippen molar-refractivity contribution in [2.75, 3.05) is 33.4 Å². The number of H-pyrrole nitrogens is 1. The lowest BCUT2D eigenvalue weighted by Crippen LogP contribution is -2.24. The number of carbonyl (C=O) groups excluding carboxylic acids is 1. The van der Waals surface area contributed by atoms with E-state index in [1.54, 1.807) is 0 Å². The second-order valence-corrected chi connectivity index (χ2v) is 10.5. The van der Waals surface area contributed by atoms with Crippen LogP contribution in [0.15, 0.2) is 60.7 Å². The van der Waals surface area contributed by atoms with E-state index >= 15 is 0 Å². The highest BCUT2D eigenvalue weighted by Gasteiger charge is 2.24. The molecule has 5 rings (SSSR count). The van der Waals surface area contributed by atoms with Crippen LogP contribution in [-0.2, 0) is 24.3 Å². The van der Waals surface area contributed by atoms with Crippen molar-refractivity contribution in [2.24, 2.45) is 0 Å². The van der Waals surface area contributed by atoms with Gasteiger partial charge in [0.05, 0.1) is 43.3 Å². The van der Waals surface area contributed by atoms with Crippen molar-refractivity contribution in [3.8, 4) is 16.9 Å². The Labute approximate surface area is 248 Å². The summed E-state index contributed by atoms with van der Waals surface area (Å²) < 4.78 is 13.5. The molecule has 222 valence electrons. The molecule has 0 radical (unpaired) electrons. The van der Waals surface area contributed by atoms with Gasteiger partial charge in [-0.05, 0) is 57.3 Å². The standard InChI is InChI=1S/C34H40N4O4.H2/c1-5-37(4)19-20-38-29(22-39)31(23(3)36-38)28-16-10-15-26-27(33(35-32(26)28)34(40)41-6-2)17-11-21-42-30-18-9-13-24-12-7-8-14-25(24)30;/h7-10,12-16,18,35,39H,5-6,11,17,19-22H2,1-4H3;1H. The number of benzene rings is 3. The molecule has 0 amide bonds. The van der Waals surface area contributed by atoms with Gasteiger partial charge in [-0.3, -0.25) is 4.68 Å². The largest absolute Gasteiger partial charge is 0.493 e. The maximum atomic E-state index is 13.1. The predicted octanol–water partition coefficient (Wildman–Crippen LogP) is 6.37. The summed E-state index contributed by atoms with van der Waals surface area (Å²) in [6, 6.07) is 20.3. The van der Waals surface area contributed by atoms with Gasteiger partial charge in [0.1, 0.15) is 11.4 Å². The van der Waals surface area contributed by atoms with Crippen molar-refractivity contribution in [3.63, 3.8) is 0 Å². The van der Waals surface area contributed by atoms with Gasteiger partial charge in [-0.2, -0.15) is 5.10 Å². The third kappa shape index (κ3) is 5.91. The number of ether oxygens (including phenoxy) is 2. The summed E-state index contributed by atoms with van der Waals surface area (Å²) in [4.78, 5) is 18.7. The number of likely N-dealkylation sites (N-methyl/N-ethyl adjacent to an activating group) is 1. The maximum absolute atomic E-state index is 13.1. The highest BCUT2D eigenvalue weighted by atomic mass is 16.5. The van der Waals surface area contributed by atoms with Crippen LogP contribution in [0, 0.1) is 6.92 Å². The predicted molar refractivity (Wildman–Crippen MR) is 169 cm³/mol. The highest BCUT2D eigenvalue weighted by Crippen LogP contribution is 2.36. The minimum Gasteiger partial charge on any atom is -0.493 e. The Morgan fingerprint density at radius 3 is 2.62 bits per heavy atom. The van der Waals surface area contributed by atoms with Crippen molar-refractivity contribution >= 4 is 27.6 Å². The Morgan fingerprint density at radius 1 is 1.07 bits per heavy atom. The zero-order valence-corrected chi connectivity index (χ0v) is 24.9. The molecule has 42 heavy (non-hydrogen) atoms. The second-order valence-electron chi connectivity index (χ2n) is 10.5. The van der Waals surface area contributed by atoms with Gasteiger partial charge in [0.15, 0.2) is 0 Å². The molecule has 5 aromatic rings. The van der Waals surface area contributed by atoms with Crippen molar-refractivity contribution in [3.05, 3.63) is 83.3 Å². The van der Waals surface area contributed by atoms with E-state index in [9.17, 15) is 9.90 Å². The average Bonchev–Trinajstić information content (AvgIpc) is 3.54. The number of fused-ring (bicyclic) bond motifs is 2. The number of hydrogen-bond donors (Lipinski definition) is 2. The molecule has 0 aliphatic heterocycles. The van der Waals surface area contributed by atoms with Crippen molar-refractivity contribution in [1.82, 2.24) is 19.7 Å². The summed E-state index contributed by atoms with van der Waals surface area (Å²) in [5.41, 5.74) is 5.62. The average molecular weight is 571 g/mol. The summed E-state index contributed by atoms with van der Waals surface area (Å²) in [6.07, 6.45) is 1.35. The molecule has 0 fully saturated rings. The van der Waals surface area contributed by atoms with E-state index in [1.165, 1.54) is 0 Å². The molecule has 8 nitrogen and oxygen atoms in total. The Hall–Kier alpha value is -4.14. The molecule has 8 heteroatoms. The van der Waals surface area contributed by atoms with Crippen LogP contribution in [0.25, 0.3) is 32.8 Å². The van der Waals surface area contributed by atoms with Gasteiger partial charge < -0.3 is 24.5 Å². The molecule has 0 spiro atoms. The number of esters is 1. The normalized spacial score (nSPS) is 11.6. The van der Waals surface area contributed by atoms with Gasteiger partial charge in [0.25, 0.3) is 0 Å². The zero-order valence-electron chi connectivity index (χ0n) is 24.9. The van der Waals surface area contributed by atoms with Gasteiger partial charge in [0.2, 0.25) is 0 Å². The number of aromatic nitrogens is 3. The molecular weight excluding hydrogens is 528 g/mol. The van der Waals surface area contributed by atoms with Crippen LogP contribution < -0.4 is 4.74 Å². The number of aromatic amines is 1. The first-order valence-electron chi connectivity index (χ1n) is 14.7. The quantitative estimate of drug-likeness (QED) is 0.126. The Kier molecular flexibility index (Phi) is 9.25. The molecule has 0 saturated carbocycles. The lowest BCUT2D eigenvalue weighted by molar-refractivity contribution is 0.0519. The summed E-state index contributed by atoms with van der Waals surface area (Å²) in [7, 11) is 2.07. The van der Waals surface area contributed by atoms with Crippen molar-refractivity contribution < 1.29 is 20.8 Å². The number of para-hydroxylation sites is 1. The molecule has 0 saturated heterocycles. The van der Waals surface area contributed by atoms with Crippen LogP contribution in [0.5, 0.6) is 5.75 Å². The number of rotatable bonds is 13. The second kappa shape index (κ2) is 13.2. The monoisotopic (exact) mass is 570 g/mol. The molecular formula is C34H42N4O4. The van der Waals surface area contributed by atoms with E-state index in [4.69, 9.17) is 14.6 Å².